The van der Waals surface area contributed by atoms with E-state index in [0.29, 0.717) is 11.1 Å². The van der Waals surface area contributed by atoms with E-state index in [1.54, 1.807) is 12.1 Å². The van der Waals surface area contributed by atoms with Gasteiger partial charge in [-0.3, -0.25) is 0 Å². The van der Waals surface area contributed by atoms with Crippen molar-refractivity contribution in [3.05, 3.63) is 59.7 Å². The quantitative estimate of drug-likeness (QED) is 0.579. The maximum absolute atomic E-state index is 12.4. The van der Waals surface area contributed by atoms with Crippen molar-refractivity contribution < 1.29 is 32.2 Å². The molecule has 0 N–H and O–H groups in total. The number of carbonyl (C=O) groups excluding carboxylic acids is 2. The molecular weight excluding hydrogens is 353 g/mol. The smallest absolute Gasteiger partial charge is 0.406 e. The molecule has 2 rings (SSSR count). The maximum Gasteiger partial charge on any atom is 0.406 e. The van der Waals surface area contributed by atoms with Crippen LogP contribution in [0.15, 0.2) is 42.7 Å². The molecule has 0 fully saturated rings. The second kappa shape index (κ2) is 8.32. The second-order valence-corrected chi connectivity index (χ2v) is 5.14. The fourth-order valence-corrected chi connectivity index (χ4v) is 2.01. The Morgan fingerprint density at radius 3 is 2.54 bits per heavy atom. The molecule has 0 radical (unpaired) electrons. The lowest BCUT2D eigenvalue weighted by atomic mass is 10.1. The van der Waals surface area contributed by atoms with Crippen molar-refractivity contribution in [3.63, 3.8) is 0 Å². The molecule has 6 nitrogen and oxygen atoms in total. The van der Waals surface area contributed by atoms with Crippen molar-refractivity contribution in [2.45, 2.75) is 19.3 Å². The number of hydrogen-bond acceptors (Lipinski definition) is 5. The van der Waals surface area contributed by atoms with Gasteiger partial charge in [-0.25, -0.2) is 14.6 Å². The Labute approximate surface area is 146 Å². The first-order chi connectivity index (χ1) is 12.3. The predicted octanol–water partition coefficient (Wildman–Crippen LogP) is 2.99. The van der Waals surface area contributed by atoms with Crippen LogP contribution in [-0.4, -0.2) is 34.8 Å². The molecule has 26 heavy (non-hydrogen) atoms. The highest BCUT2D eigenvalue weighted by Crippen LogP contribution is 2.18. The molecule has 138 valence electrons. The Balaban J connectivity index is 1.90. The summed E-state index contributed by atoms with van der Waals surface area (Å²) in [5.74, 6) is -1.22. The van der Waals surface area contributed by atoms with Crippen LogP contribution in [-0.2, 0) is 27.4 Å². The number of nitrogens with zero attached hydrogens (tertiary/aromatic N) is 2. The highest BCUT2D eigenvalue weighted by Gasteiger charge is 2.28. The average Bonchev–Trinajstić information content (AvgIpc) is 3.03. The van der Waals surface area contributed by atoms with Crippen LogP contribution in [0.1, 0.15) is 21.7 Å². The van der Waals surface area contributed by atoms with Gasteiger partial charge in [0.15, 0.2) is 0 Å². The Bertz CT molecular complexity index is 795. The molecule has 0 spiro atoms. The van der Waals surface area contributed by atoms with Gasteiger partial charge in [-0.2, -0.15) is 13.2 Å². The summed E-state index contributed by atoms with van der Waals surface area (Å²) in [5.41, 5.74) is 0.997. The summed E-state index contributed by atoms with van der Waals surface area (Å²) >= 11 is 0. The van der Waals surface area contributed by atoms with E-state index in [0.717, 1.165) is 16.8 Å². The van der Waals surface area contributed by atoms with Gasteiger partial charge < -0.3 is 14.0 Å². The average molecular weight is 368 g/mol. The Morgan fingerprint density at radius 1 is 1.23 bits per heavy atom. The Morgan fingerprint density at radius 2 is 1.92 bits per heavy atom. The van der Waals surface area contributed by atoms with Crippen LogP contribution >= 0.6 is 0 Å². The molecule has 0 aliphatic carbocycles. The molecule has 0 aliphatic rings. The van der Waals surface area contributed by atoms with Crippen LogP contribution < -0.4 is 0 Å². The van der Waals surface area contributed by atoms with Crippen molar-refractivity contribution >= 4 is 18.0 Å². The number of carbonyl (C=O) groups is 2. The minimum atomic E-state index is -4.39. The van der Waals surface area contributed by atoms with Gasteiger partial charge in [-0.1, -0.05) is 12.1 Å². The number of benzene rings is 1. The fourth-order valence-electron chi connectivity index (χ4n) is 2.01. The molecular formula is C17H15F3N2O4. The third-order valence-corrected chi connectivity index (χ3v) is 3.24. The predicted molar refractivity (Wildman–Crippen MR) is 84.9 cm³/mol. The molecule has 0 saturated heterocycles. The molecule has 0 amide bonds. The molecule has 0 aliphatic heterocycles. The molecule has 9 heteroatoms. The van der Waals surface area contributed by atoms with Gasteiger partial charge in [-0.05, 0) is 23.8 Å². The van der Waals surface area contributed by atoms with Crippen LogP contribution in [0.25, 0.3) is 6.08 Å². The standard InChI is InChI=1S/C17H15F3N2O4/c1-25-16(24)13-5-2-12(3-6-13)4-7-15(23)26-10-14-21-8-9-22(14)11-17(18,19)20/h2-9H,10-11H2,1H3. The number of imidazole rings is 1. The first-order valence-corrected chi connectivity index (χ1v) is 7.38. The van der Waals surface area contributed by atoms with Crippen molar-refractivity contribution in [1.82, 2.24) is 9.55 Å². The van der Waals surface area contributed by atoms with E-state index in [9.17, 15) is 22.8 Å². The number of esters is 2. The number of ether oxygens (including phenoxy) is 2. The van der Waals surface area contributed by atoms with Crippen molar-refractivity contribution in [2.75, 3.05) is 7.11 Å². The van der Waals surface area contributed by atoms with E-state index in [-0.39, 0.29) is 12.4 Å². The van der Waals surface area contributed by atoms with Gasteiger partial charge in [0.25, 0.3) is 0 Å². The van der Waals surface area contributed by atoms with E-state index in [2.05, 4.69) is 9.72 Å². The van der Waals surface area contributed by atoms with Gasteiger partial charge in [0, 0.05) is 18.5 Å². The number of halogens is 3. The monoisotopic (exact) mass is 368 g/mol. The van der Waals surface area contributed by atoms with Crippen LogP contribution in [0.3, 0.4) is 0 Å². The Kier molecular flexibility index (Phi) is 6.16. The molecule has 0 bridgehead atoms. The van der Waals surface area contributed by atoms with Gasteiger partial charge in [-0.15, -0.1) is 0 Å². The van der Waals surface area contributed by atoms with Crippen LogP contribution in [0, 0.1) is 0 Å². The zero-order valence-corrected chi connectivity index (χ0v) is 13.7. The number of aromatic nitrogens is 2. The normalized spacial score (nSPS) is 11.5. The summed E-state index contributed by atoms with van der Waals surface area (Å²) in [6.45, 7) is -1.59. The maximum atomic E-state index is 12.4. The highest BCUT2D eigenvalue weighted by atomic mass is 19.4. The lowest BCUT2D eigenvalue weighted by Gasteiger charge is -2.10. The van der Waals surface area contributed by atoms with Crippen LogP contribution in [0.5, 0.6) is 0 Å². The van der Waals surface area contributed by atoms with Gasteiger partial charge >= 0.3 is 18.1 Å². The summed E-state index contributed by atoms with van der Waals surface area (Å²) in [5, 5.41) is 0. The fraction of sp³-hybridized carbons (Fsp3) is 0.235. The van der Waals surface area contributed by atoms with E-state index < -0.39 is 24.7 Å². The summed E-state index contributed by atoms with van der Waals surface area (Å²) in [6.07, 6.45) is 0.550. The number of methoxy groups -OCH3 is 1. The minimum absolute atomic E-state index is 0.00786. The van der Waals surface area contributed by atoms with Gasteiger partial charge in [0.2, 0.25) is 0 Å². The molecule has 1 aromatic heterocycles. The number of alkyl halides is 3. The number of hydrogen-bond donors (Lipinski definition) is 0. The summed E-state index contributed by atoms with van der Waals surface area (Å²) in [4.78, 5) is 26.7. The van der Waals surface area contributed by atoms with E-state index >= 15 is 0 Å². The van der Waals surface area contributed by atoms with Crippen molar-refractivity contribution in [2.24, 2.45) is 0 Å². The summed E-state index contributed by atoms with van der Waals surface area (Å²) < 4.78 is 47.6. The van der Waals surface area contributed by atoms with Gasteiger partial charge in [0.05, 0.1) is 12.7 Å². The first-order valence-electron chi connectivity index (χ1n) is 7.38. The Hall–Kier alpha value is -3.10. The van der Waals surface area contributed by atoms with Crippen LogP contribution in [0.2, 0.25) is 0 Å². The molecule has 0 saturated carbocycles. The van der Waals surface area contributed by atoms with E-state index in [1.165, 1.54) is 31.5 Å². The molecule has 1 aromatic carbocycles. The first kappa shape index (κ1) is 19.2. The molecule has 2 aromatic rings. The molecule has 1 heterocycles. The third-order valence-electron chi connectivity index (χ3n) is 3.24. The largest absolute Gasteiger partial charge is 0.465 e. The SMILES string of the molecule is COC(=O)c1ccc(C=CC(=O)OCc2nccn2CC(F)(F)F)cc1. The minimum Gasteiger partial charge on any atom is -0.465 e. The molecule has 0 unspecified atom stereocenters. The zero-order valence-electron chi connectivity index (χ0n) is 13.7. The highest BCUT2D eigenvalue weighted by molar-refractivity contribution is 5.90. The van der Waals surface area contributed by atoms with E-state index in [1.807, 2.05) is 0 Å². The van der Waals surface area contributed by atoms with Crippen molar-refractivity contribution in [1.29, 1.82) is 0 Å². The van der Waals surface area contributed by atoms with Gasteiger partial charge in [0.1, 0.15) is 19.0 Å². The van der Waals surface area contributed by atoms with Crippen molar-refractivity contribution in [3.8, 4) is 0 Å². The molecule has 0 atom stereocenters. The summed E-state index contributed by atoms with van der Waals surface area (Å²) in [7, 11) is 1.27. The van der Waals surface area contributed by atoms with Crippen LogP contribution in [0.4, 0.5) is 13.2 Å². The lowest BCUT2D eigenvalue weighted by Crippen LogP contribution is -2.19. The zero-order chi connectivity index (χ0) is 19.2. The second-order valence-electron chi connectivity index (χ2n) is 5.14. The van der Waals surface area contributed by atoms with E-state index in [4.69, 9.17) is 4.74 Å². The number of rotatable bonds is 6. The summed E-state index contributed by atoms with van der Waals surface area (Å²) in [6, 6.07) is 6.27. The third kappa shape index (κ3) is 5.76. The topological polar surface area (TPSA) is 70.4 Å². The lowest BCUT2D eigenvalue weighted by molar-refractivity contribution is -0.142.